The Kier molecular flexibility index (Phi) is 3.17. The van der Waals surface area contributed by atoms with Gasteiger partial charge in [0.25, 0.3) is 0 Å². The van der Waals surface area contributed by atoms with Crippen molar-refractivity contribution in [3.8, 4) is 0 Å². The SMILES string of the molecule is Nc1ccc(C2=CC[C@@](N)(c3ccccc3)C=C2)cc1. The van der Waals surface area contributed by atoms with E-state index in [0.29, 0.717) is 0 Å². The summed E-state index contributed by atoms with van der Waals surface area (Å²) in [6, 6.07) is 18.1. The predicted molar refractivity (Wildman–Crippen MR) is 84.9 cm³/mol. The molecule has 0 aromatic heterocycles. The van der Waals surface area contributed by atoms with E-state index in [9.17, 15) is 0 Å². The summed E-state index contributed by atoms with van der Waals surface area (Å²) in [6.07, 6.45) is 7.18. The van der Waals surface area contributed by atoms with Gasteiger partial charge in [0, 0.05) is 5.69 Å². The van der Waals surface area contributed by atoms with Crippen LogP contribution in [0.3, 0.4) is 0 Å². The van der Waals surface area contributed by atoms with Crippen molar-refractivity contribution in [1.29, 1.82) is 0 Å². The highest BCUT2D eigenvalue weighted by Crippen LogP contribution is 2.32. The molecule has 1 aliphatic carbocycles. The summed E-state index contributed by atoms with van der Waals surface area (Å²) in [4.78, 5) is 0. The second-order valence-electron chi connectivity index (χ2n) is 5.23. The zero-order valence-corrected chi connectivity index (χ0v) is 11.3. The maximum atomic E-state index is 6.49. The third-order valence-electron chi connectivity index (χ3n) is 3.78. The monoisotopic (exact) mass is 262 g/mol. The fourth-order valence-corrected chi connectivity index (χ4v) is 2.51. The molecule has 2 nitrogen and oxygen atoms in total. The van der Waals surface area contributed by atoms with Gasteiger partial charge in [0.05, 0.1) is 5.54 Å². The number of anilines is 1. The first-order valence-electron chi connectivity index (χ1n) is 6.77. The van der Waals surface area contributed by atoms with Crippen molar-refractivity contribution in [3.05, 3.63) is 84.0 Å². The molecule has 2 aromatic carbocycles. The Bertz CT molecular complexity index is 654. The van der Waals surface area contributed by atoms with E-state index in [1.807, 2.05) is 42.5 Å². The minimum absolute atomic E-state index is 0.404. The third-order valence-corrected chi connectivity index (χ3v) is 3.78. The Morgan fingerprint density at radius 1 is 0.900 bits per heavy atom. The Hall–Kier alpha value is -2.32. The van der Waals surface area contributed by atoms with Crippen LogP contribution in [-0.4, -0.2) is 0 Å². The molecule has 0 amide bonds. The van der Waals surface area contributed by atoms with Crippen LogP contribution < -0.4 is 11.5 Å². The van der Waals surface area contributed by atoms with Gasteiger partial charge in [-0.25, -0.2) is 0 Å². The van der Waals surface area contributed by atoms with E-state index in [1.165, 1.54) is 11.1 Å². The molecule has 1 aliphatic rings. The summed E-state index contributed by atoms with van der Waals surface area (Å²) in [5.74, 6) is 0. The second-order valence-corrected chi connectivity index (χ2v) is 5.23. The number of hydrogen-bond donors (Lipinski definition) is 2. The van der Waals surface area contributed by atoms with Crippen LogP contribution in [0.4, 0.5) is 5.69 Å². The standard InChI is InChI=1S/C18H18N2/c19-17-8-6-14(7-9-17)15-10-12-18(20,13-11-15)16-4-2-1-3-5-16/h1-12H,13,19-20H2/t18-/m1/s1. The molecule has 20 heavy (non-hydrogen) atoms. The van der Waals surface area contributed by atoms with Gasteiger partial charge in [-0.2, -0.15) is 0 Å². The summed E-state index contributed by atoms with van der Waals surface area (Å²) >= 11 is 0. The molecule has 0 saturated carbocycles. The van der Waals surface area contributed by atoms with Crippen LogP contribution in [-0.2, 0) is 5.54 Å². The van der Waals surface area contributed by atoms with Crippen molar-refractivity contribution in [2.75, 3.05) is 5.73 Å². The fraction of sp³-hybridized carbons (Fsp3) is 0.111. The molecule has 0 radical (unpaired) electrons. The van der Waals surface area contributed by atoms with E-state index in [-0.39, 0.29) is 0 Å². The Labute approximate surface area is 119 Å². The summed E-state index contributed by atoms with van der Waals surface area (Å²) in [5.41, 5.74) is 16.1. The topological polar surface area (TPSA) is 52.0 Å². The van der Waals surface area contributed by atoms with Crippen molar-refractivity contribution in [1.82, 2.24) is 0 Å². The zero-order valence-electron chi connectivity index (χ0n) is 11.3. The molecule has 100 valence electrons. The number of hydrogen-bond acceptors (Lipinski definition) is 2. The van der Waals surface area contributed by atoms with E-state index >= 15 is 0 Å². The highest BCUT2D eigenvalue weighted by Gasteiger charge is 2.25. The van der Waals surface area contributed by atoms with Crippen LogP contribution in [0.15, 0.2) is 72.8 Å². The smallest absolute Gasteiger partial charge is 0.0633 e. The highest BCUT2D eigenvalue weighted by atomic mass is 14.7. The van der Waals surface area contributed by atoms with Crippen LogP contribution in [0.1, 0.15) is 17.5 Å². The Morgan fingerprint density at radius 2 is 1.60 bits per heavy atom. The fourth-order valence-electron chi connectivity index (χ4n) is 2.51. The summed E-state index contributed by atoms with van der Waals surface area (Å²) < 4.78 is 0. The average molecular weight is 262 g/mol. The summed E-state index contributed by atoms with van der Waals surface area (Å²) in [7, 11) is 0. The maximum Gasteiger partial charge on any atom is 0.0633 e. The molecule has 0 spiro atoms. The molecule has 2 heteroatoms. The molecule has 0 bridgehead atoms. The van der Waals surface area contributed by atoms with Gasteiger partial charge in [0.1, 0.15) is 0 Å². The van der Waals surface area contributed by atoms with Crippen LogP contribution in [0.5, 0.6) is 0 Å². The molecule has 0 unspecified atom stereocenters. The van der Waals surface area contributed by atoms with E-state index < -0.39 is 5.54 Å². The van der Waals surface area contributed by atoms with Gasteiger partial charge in [-0.1, -0.05) is 60.7 Å². The van der Waals surface area contributed by atoms with E-state index in [2.05, 4.69) is 30.4 Å². The molecule has 1 atom stereocenters. The van der Waals surface area contributed by atoms with Crippen LogP contribution in [0.2, 0.25) is 0 Å². The first-order valence-corrected chi connectivity index (χ1v) is 6.77. The lowest BCUT2D eigenvalue weighted by molar-refractivity contribution is 0.567. The van der Waals surface area contributed by atoms with Crippen LogP contribution >= 0.6 is 0 Å². The van der Waals surface area contributed by atoms with Crippen molar-refractivity contribution < 1.29 is 0 Å². The second kappa shape index (κ2) is 4.99. The van der Waals surface area contributed by atoms with Gasteiger partial charge >= 0.3 is 0 Å². The first kappa shape index (κ1) is 12.7. The highest BCUT2D eigenvalue weighted by molar-refractivity contribution is 5.76. The summed E-state index contributed by atoms with van der Waals surface area (Å²) in [5, 5.41) is 0. The molecule has 0 aliphatic heterocycles. The van der Waals surface area contributed by atoms with Crippen molar-refractivity contribution >= 4 is 11.3 Å². The van der Waals surface area contributed by atoms with E-state index in [0.717, 1.165) is 17.7 Å². The zero-order chi connectivity index (χ0) is 14.0. The number of nitrogens with two attached hydrogens (primary N) is 2. The minimum Gasteiger partial charge on any atom is -0.399 e. The average Bonchev–Trinajstić information content (AvgIpc) is 2.50. The van der Waals surface area contributed by atoms with E-state index in [4.69, 9.17) is 11.5 Å². The van der Waals surface area contributed by atoms with Gasteiger partial charge in [-0.15, -0.1) is 0 Å². The maximum absolute atomic E-state index is 6.49. The quantitative estimate of drug-likeness (QED) is 0.814. The van der Waals surface area contributed by atoms with Crippen molar-refractivity contribution in [3.63, 3.8) is 0 Å². The molecule has 4 N–H and O–H groups in total. The minimum atomic E-state index is -0.404. The van der Waals surface area contributed by atoms with Gasteiger partial charge in [-0.05, 0) is 35.3 Å². The lowest BCUT2D eigenvalue weighted by atomic mass is 9.82. The number of benzene rings is 2. The van der Waals surface area contributed by atoms with Gasteiger partial charge < -0.3 is 11.5 Å². The first-order chi connectivity index (χ1) is 9.67. The van der Waals surface area contributed by atoms with Crippen LogP contribution in [0.25, 0.3) is 5.57 Å². The molecule has 0 heterocycles. The normalized spacial score (nSPS) is 21.6. The molecule has 2 aromatic rings. The van der Waals surface area contributed by atoms with Gasteiger partial charge in [0.2, 0.25) is 0 Å². The third kappa shape index (κ3) is 2.38. The molecular formula is C18H18N2. The largest absolute Gasteiger partial charge is 0.399 e. The van der Waals surface area contributed by atoms with Crippen LogP contribution in [0, 0.1) is 0 Å². The number of rotatable bonds is 2. The lowest BCUT2D eigenvalue weighted by Crippen LogP contribution is -2.34. The number of allylic oxidation sites excluding steroid dienone is 2. The Morgan fingerprint density at radius 3 is 2.20 bits per heavy atom. The van der Waals surface area contributed by atoms with Crippen molar-refractivity contribution in [2.45, 2.75) is 12.0 Å². The number of nitrogen functional groups attached to an aromatic ring is 1. The van der Waals surface area contributed by atoms with Gasteiger partial charge in [0.15, 0.2) is 0 Å². The molecule has 3 rings (SSSR count). The Balaban J connectivity index is 1.85. The van der Waals surface area contributed by atoms with Crippen molar-refractivity contribution in [2.24, 2.45) is 5.73 Å². The molecular weight excluding hydrogens is 244 g/mol. The lowest BCUT2D eigenvalue weighted by Gasteiger charge is -2.28. The predicted octanol–water partition coefficient (Wildman–Crippen LogP) is 3.47. The van der Waals surface area contributed by atoms with Gasteiger partial charge in [-0.3, -0.25) is 0 Å². The molecule has 0 saturated heterocycles. The summed E-state index contributed by atoms with van der Waals surface area (Å²) in [6.45, 7) is 0. The van der Waals surface area contributed by atoms with E-state index in [1.54, 1.807) is 0 Å². The molecule has 0 fully saturated rings.